The summed E-state index contributed by atoms with van der Waals surface area (Å²) < 4.78 is 4.31. The summed E-state index contributed by atoms with van der Waals surface area (Å²) in [5, 5.41) is 17.6. The second-order valence-corrected chi connectivity index (χ2v) is 5.90. The molecule has 4 rings (SSSR count). The van der Waals surface area contributed by atoms with Gasteiger partial charge in [0.2, 0.25) is 0 Å². The molecule has 0 aliphatic rings. The molecule has 8 heteroatoms. The Labute approximate surface area is 144 Å². The molecule has 4 aromatic heterocycles. The van der Waals surface area contributed by atoms with Gasteiger partial charge in [-0.1, -0.05) is 0 Å². The molecule has 4 aromatic rings. The van der Waals surface area contributed by atoms with Crippen molar-refractivity contribution in [2.45, 2.75) is 0 Å². The molecule has 0 radical (unpaired) electrons. The molecule has 0 unspecified atom stereocenters. The summed E-state index contributed by atoms with van der Waals surface area (Å²) in [6.07, 6.45) is 10.4. The van der Waals surface area contributed by atoms with Crippen molar-refractivity contribution in [1.29, 1.82) is 5.26 Å². The van der Waals surface area contributed by atoms with Crippen LogP contribution in [0.4, 0.5) is 0 Å². The summed E-state index contributed by atoms with van der Waals surface area (Å²) in [4.78, 5) is 8.57. The van der Waals surface area contributed by atoms with E-state index in [-0.39, 0.29) is 0 Å². The summed E-state index contributed by atoms with van der Waals surface area (Å²) in [5.74, 6) is 0. The van der Waals surface area contributed by atoms with Crippen LogP contribution in [0.15, 0.2) is 49.3 Å². The summed E-state index contributed by atoms with van der Waals surface area (Å²) in [7, 11) is 0. The molecule has 0 atom stereocenters. The number of pyridine rings is 1. The minimum absolute atomic E-state index is 0.516. The molecular formula is C15H8IN7. The highest BCUT2D eigenvalue weighted by Crippen LogP contribution is 2.21. The average Bonchev–Trinajstić information content (AvgIpc) is 3.21. The van der Waals surface area contributed by atoms with Crippen LogP contribution in [0, 0.1) is 15.0 Å². The van der Waals surface area contributed by atoms with Crippen molar-refractivity contribution < 1.29 is 0 Å². The van der Waals surface area contributed by atoms with Gasteiger partial charge in [-0.25, -0.2) is 14.2 Å². The van der Waals surface area contributed by atoms with Crippen molar-refractivity contribution in [1.82, 2.24) is 29.4 Å². The number of aromatic nitrogens is 6. The van der Waals surface area contributed by atoms with Crippen LogP contribution in [-0.2, 0) is 0 Å². The summed E-state index contributed by atoms with van der Waals surface area (Å²) in [5.41, 5.74) is 3.76. The van der Waals surface area contributed by atoms with Crippen LogP contribution in [0.3, 0.4) is 0 Å². The molecule has 0 saturated heterocycles. The number of nitrogens with zero attached hydrogens (tertiary/aromatic N) is 7. The number of halogens is 1. The van der Waals surface area contributed by atoms with Crippen molar-refractivity contribution in [3.63, 3.8) is 0 Å². The van der Waals surface area contributed by atoms with Crippen LogP contribution in [0.1, 0.15) is 5.56 Å². The Balaban J connectivity index is 1.80. The quantitative estimate of drug-likeness (QED) is 0.372. The molecule has 0 N–H and O–H groups in total. The van der Waals surface area contributed by atoms with E-state index in [1.54, 1.807) is 33.9 Å². The largest absolute Gasteiger partial charge is 0.263 e. The fraction of sp³-hybridized carbons (Fsp3) is 0. The third kappa shape index (κ3) is 2.44. The highest BCUT2D eigenvalue weighted by molar-refractivity contribution is 14.1. The maximum absolute atomic E-state index is 8.98. The molecule has 0 spiro atoms. The van der Waals surface area contributed by atoms with E-state index in [4.69, 9.17) is 5.26 Å². The molecule has 0 aromatic carbocycles. The highest BCUT2D eigenvalue weighted by Gasteiger charge is 2.11. The molecule has 7 nitrogen and oxygen atoms in total. The first-order valence-corrected chi connectivity index (χ1v) is 7.73. The Morgan fingerprint density at radius 2 is 2.00 bits per heavy atom. The van der Waals surface area contributed by atoms with Crippen molar-refractivity contribution >= 4 is 28.2 Å². The topological polar surface area (TPSA) is 84.7 Å². The number of hydrogen-bond donors (Lipinski definition) is 0. The van der Waals surface area contributed by atoms with E-state index < -0.39 is 0 Å². The van der Waals surface area contributed by atoms with E-state index in [9.17, 15) is 0 Å². The summed E-state index contributed by atoms with van der Waals surface area (Å²) >= 11 is 2.16. The second kappa shape index (κ2) is 5.44. The van der Waals surface area contributed by atoms with Crippen molar-refractivity contribution in [3.8, 4) is 22.9 Å². The molecule has 110 valence electrons. The molecule has 0 fully saturated rings. The maximum atomic E-state index is 8.98. The minimum atomic E-state index is 0.516. The number of fused-ring (bicyclic) bond motifs is 1. The van der Waals surface area contributed by atoms with Gasteiger partial charge in [-0.05, 0) is 34.7 Å². The van der Waals surface area contributed by atoms with Gasteiger partial charge in [0.25, 0.3) is 0 Å². The van der Waals surface area contributed by atoms with E-state index in [0.29, 0.717) is 5.56 Å². The lowest BCUT2D eigenvalue weighted by atomic mass is 10.1. The third-order valence-corrected chi connectivity index (χ3v) is 3.95. The maximum Gasteiger partial charge on any atom is 0.182 e. The fourth-order valence-corrected chi connectivity index (χ4v) is 2.65. The summed E-state index contributed by atoms with van der Waals surface area (Å²) in [6, 6.07) is 5.76. The van der Waals surface area contributed by atoms with E-state index >= 15 is 0 Å². The van der Waals surface area contributed by atoms with Gasteiger partial charge in [0.05, 0.1) is 18.0 Å². The van der Waals surface area contributed by atoms with Crippen LogP contribution in [-0.4, -0.2) is 29.4 Å². The van der Waals surface area contributed by atoms with E-state index in [1.165, 1.54) is 6.20 Å². The summed E-state index contributed by atoms with van der Waals surface area (Å²) in [6.45, 7) is 0. The van der Waals surface area contributed by atoms with Crippen LogP contribution in [0.25, 0.3) is 22.5 Å². The molecular weight excluding hydrogens is 405 g/mol. The average molecular weight is 413 g/mol. The van der Waals surface area contributed by atoms with E-state index in [0.717, 1.165) is 26.2 Å². The number of hydrogen-bond acceptors (Lipinski definition) is 5. The molecule has 4 heterocycles. The van der Waals surface area contributed by atoms with Crippen LogP contribution in [0.5, 0.6) is 0 Å². The predicted octanol–water partition coefficient (Wildman–Crippen LogP) is 2.45. The van der Waals surface area contributed by atoms with Gasteiger partial charge in [-0.2, -0.15) is 15.5 Å². The highest BCUT2D eigenvalue weighted by atomic mass is 127. The van der Waals surface area contributed by atoms with Gasteiger partial charge in [-0.15, -0.1) is 0 Å². The molecule has 23 heavy (non-hydrogen) atoms. The van der Waals surface area contributed by atoms with Crippen LogP contribution >= 0.6 is 22.6 Å². The first-order valence-electron chi connectivity index (χ1n) is 6.65. The lowest BCUT2D eigenvalue weighted by molar-refractivity contribution is 0.883. The smallest absolute Gasteiger partial charge is 0.182 e. The molecule has 0 aliphatic carbocycles. The Morgan fingerprint density at radius 1 is 1.09 bits per heavy atom. The zero-order valence-corrected chi connectivity index (χ0v) is 13.8. The fourth-order valence-electron chi connectivity index (χ4n) is 2.26. The van der Waals surface area contributed by atoms with Crippen molar-refractivity contribution in [2.75, 3.05) is 0 Å². The van der Waals surface area contributed by atoms with Crippen molar-refractivity contribution in [2.24, 2.45) is 0 Å². The van der Waals surface area contributed by atoms with Gasteiger partial charge >= 0.3 is 0 Å². The Hall–Kier alpha value is -2.80. The Kier molecular flexibility index (Phi) is 3.27. The number of nitriles is 1. The predicted molar refractivity (Wildman–Crippen MR) is 90.8 cm³/mol. The second-order valence-electron chi connectivity index (χ2n) is 4.80. The number of rotatable bonds is 2. The zero-order valence-electron chi connectivity index (χ0n) is 11.6. The Morgan fingerprint density at radius 3 is 2.87 bits per heavy atom. The van der Waals surface area contributed by atoms with Gasteiger partial charge in [0.1, 0.15) is 15.5 Å². The van der Waals surface area contributed by atoms with E-state index in [1.807, 2.05) is 18.5 Å². The van der Waals surface area contributed by atoms with Crippen LogP contribution < -0.4 is 0 Å². The van der Waals surface area contributed by atoms with Gasteiger partial charge in [0.15, 0.2) is 5.65 Å². The normalized spacial score (nSPS) is 10.8. The Bertz CT molecular complexity index is 1060. The lowest BCUT2D eigenvalue weighted by Crippen LogP contribution is -1.97. The standard InChI is InChI=1S/C15H8IN7/c16-14-1-2-22-15(21-14)13(8-20-22)23-9-12(7-19-23)11-3-10(4-17)5-18-6-11/h1-3,5-9H. The third-order valence-electron chi connectivity index (χ3n) is 3.35. The first-order chi connectivity index (χ1) is 11.2. The molecule has 0 saturated carbocycles. The molecule has 0 amide bonds. The van der Waals surface area contributed by atoms with E-state index in [2.05, 4.69) is 48.8 Å². The molecule has 0 bridgehead atoms. The zero-order chi connectivity index (χ0) is 15.8. The van der Waals surface area contributed by atoms with Gasteiger partial charge in [0, 0.05) is 35.9 Å². The SMILES string of the molecule is N#Cc1cncc(-c2cnn(-c3cnn4ccc(I)nc34)c2)c1. The van der Waals surface area contributed by atoms with Gasteiger partial charge in [-0.3, -0.25) is 4.98 Å². The minimum Gasteiger partial charge on any atom is -0.263 e. The lowest BCUT2D eigenvalue weighted by Gasteiger charge is -1.99. The van der Waals surface area contributed by atoms with Gasteiger partial charge < -0.3 is 0 Å². The molecule has 0 aliphatic heterocycles. The van der Waals surface area contributed by atoms with Crippen LogP contribution in [0.2, 0.25) is 0 Å². The monoisotopic (exact) mass is 413 g/mol. The van der Waals surface area contributed by atoms with Crippen molar-refractivity contribution in [3.05, 3.63) is 58.6 Å². The first kappa shape index (κ1) is 13.8.